The molecule has 0 spiro atoms. The lowest BCUT2D eigenvalue weighted by Gasteiger charge is -2.33. The molecular formula is C23H28ClN3O5S. The van der Waals surface area contributed by atoms with Crippen molar-refractivity contribution in [3.63, 3.8) is 0 Å². The molecule has 0 bridgehead atoms. The Hall–Kier alpha value is -2.20. The van der Waals surface area contributed by atoms with E-state index in [4.69, 9.17) is 16.3 Å². The number of piperazine rings is 1. The Balaban J connectivity index is 1.47. The van der Waals surface area contributed by atoms with Crippen molar-refractivity contribution in [1.82, 2.24) is 13.8 Å². The van der Waals surface area contributed by atoms with E-state index in [1.807, 2.05) is 18.7 Å². The number of sulfonamides is 1. The van der Waals surface area contributed by atoms with E-state index in [0.717, 1.165) is 24.2 Å². The molecule has 2 aliphatic rings. The van der Waals surface area contributed by atoms with E-state index in [0.29, 0.717) is 35.3 Å². The van der Waals surface area contributed by atoms with E-state index in [1.165, 1.54) is 23.5 Å². The third-order valence-electron chi connectivity index (χ3n) is 6.43. The summed E-state index contributed by atoms with van der Waals surface area (Å²) < 4.78 is 34.3. The minimum Gasteiger partial charge on any atom is -0.465 e. The molecule has 2 heterocycles. The minimum atomic E-state index is -3.62. The first-order valence-corrected chi connectivity index (χ1v) is 12.8. The van der Waals surface area contributed by atoms with E-state index in [9.17, 15) is 18.0 Å². The van der Waals surface area contributed by atoms with Crippen LogP contribution in [-0.4, -0.2) is 73.8 Å². The molecule has 0 atom stereocenters. The van der Waals surface area contributed by atoms with Gasteiger partial charge < -0.3 is 9.30 Å². The van der Waals surface area contributed by atoms with Crippen molar-refractivity contribution in [2.24, 2.45) is 0 Å². The highest BCUT2D eigenvalue weighted by Crippen LogP contribution is 2.40. The van der Waals surface area contributed by atoms with Crippen LogP contribution in [0.15, 0.2) is 29.2 Å². The van der Waals surface area contributed by atoms with Gasteiger partial charge in [0.25, 0.3) is 0 Å². The third kappa shape index (κ3) is 4.59. The topological polar surface area (TPSA) is 88.9 Å². The first-order valence-electron chi connectivity index (χ1n) is 11.0. The maximum atomic E-state index is 13.3. The molecule has 2 aromatic rings. The third-order valence-corrected chi connectivity index (χ3v) is 8.59. The van der Waals surface area contributed by atoms with E-state index >= 15 is 0 Å². The van der Waals surface area contributed by atoms with E-state index in [2.05, 4.69) is 4.57 Å². The number of hydrogen-bond acceptors (Lipinski definition) is 6. The Morgan fingerprint density at radius 1 is 1.00 bits per heavy atom. The average molecular weight is 494 g/mol. The summed E-state index contributed by atoms with van der Waals surface area (Å²) in [5, 5.41) is 0.477. The zero-order chi connectivity index (χ0) is 23.9. The molecule has 0 unspecified atom stereocenters. The summed E-state index contributed by atoms with van der Waals surface area (Å²) in [5.74, 6) is -0.651. The highest BCUT2D eigenvalue weighted by Gasteiger charge is 2.35. The first-order chi connectivity index (χ1) is 15.6. The highest BCUT2D eigenvalue weighted by molar-refractivity contribution is 7.89. The molecule has 2 fully saturated rings. The number of ketones is 1. The van der Waals surface area contributed by atoms with Crippen molar-refractivity contribution < 1.29 is 22.7 Å². The van der Waals surface area contributed by atoms with Crippen molar-refractivity contribution in [3.05, 3.63) is 51.8 Å². The summed E-state index contributed by atoms with van der Waals surface area (Å²) in [7, 11) is -2.30. The van der Waals surface area contributed by atoms with Crippen LogP contribution in [0.5, 0.6) is 0 Å². The molecule has 1 aliphatic heterocycles. The molecule has 10 heteroatoms. The number of halogens is 1. The van der Waals surface area contributed by atoms with Crippen LogP contribution in [0.3, 0.4) is 0 Å². The molecule has 33 heavy (non-hydrogen) atoms. The van der Waals surface area contributed by atoms with Crippen molar-refractivity contribution in [3.8, 4) is 0 Å². The lowest BCUT2D eigenvalue weighted by Crippen LogP contribution is -2.49. The van der Waals surface area contributed by atoms with Gasteiger partial charge in [-0.2, -0.15) is 4.31 Å². The Labute approximate surface area is 199 Å². The average Bonchev–Trinajstić information content (AvgIpc) is 3.58. The summed E-state index contributed by atoms with van der Waals surface area (Å²) in [4.78, 5) is 27.9. The van der Waals surface area contributed by atoms with Crippen LogP contribution in [0, 0.1) is 13.8 Å². The monoisotopic (exact) mass is 493 g/mol. The van der Waals surface area contributed by atoms with Crippen LogP contribution in [0.2, 0.25) is 5.02 Å². The van der Waals surface area contributed by atoms with Gasteiger partial charge in [0, 0.05) is 48.6 Å². The van der Waals surface area contributed by atoms with Crippen LogP contribution in [-0.2, 0) is 14.8 Å². The molecule has 1 saturated carbocycles. The number of nitrogens with zero attached hydrogens (tertiary/aromatic N) is 3. The number of Topliss-reactive ketones (excluding diaryl/α,β-unsaturated/α-hetero) is 1. The Morgan fingerprint density at radius 2 is 1.58 bits per heavy atom. The van der Waals surface area contributed by atoms with Gasteiger partial charge in [-0.25, -0.2) is 13.2 Å². The normalized spacial score (nSPS) is 17.8. The largest absolute Gasteiger partial charge is 0.465 e. The molecule has 178 valence electrons. The number of carbonyl (C=O) groups is 2. The maximum Gasteiger partial charge on any atom is 0.340 e. The SMILES string of the molecule is COC(=O)c1c(C(=O)CN2CCN(S(=O)(=O)c3ccc(Cl)cc3)CC2)c(C)n(C2CC2)c1C. The van der Waals surface area contributed by atoms with Gasteiger partial charge in [0.1, 0.15) is 0 Å². The van der Waals surface area contributed by atoms with Gasteiger partial charge in [0.05, 0.1) is 29.7 Å². The summed E-state index contributed by atoms with van der Waals surface area (Å²) >= 11 is 5.87. The standard InChI is InChI=1S/C23H28ClN3O5S/c1-15-21(22(23(29)32-3)16(2)27(15)18-6-7-18)20(28)14-25-10-12-26(13-11-25)33(30,31)19-8-4-17(24)5-9-19/h4-5,8-9,18H,6-7,10-14H2,1-3H3. The minimum absolute atomic E-state index is 0.119. The zero-order valence-electron chi connectivity index (χ0n) is 19.0. The predicted molar refractivity (Wildman–Crippen MR) is 124 cm³/mol. The van der Waals surface area contributed by atoms with Crippen LogP contribution < -0.4 is 0 Å². The molecular weight excluding hydrogens is 466 g/mol. The smallest absolute Gasteiger partial charge is 0.340 e. The molecule has 4 rings (SSSR count). The quantitative estimate of drug-likeness (QED) is 0.435. The Morgan fingerprint density at radius 3 is 2.12 bits per heavy atom. The molecule has 1 aromatic carbocycles. The number of rotatable bonds is 7. The number of hydrogen-bond donors (Lipinski definition) is 0. The Bertz CT molecular complexity index is 1180. The molecule has 0 amide bonds. The fourth-order valence-electron chi connectivity index (χ4n) is 4.59. The molecule has 1 saturated heterocycles. The summed E-state index contributed by atoms with van der Waals surface area (Å²) in [6, 6.07) is 6.44. The highest BCUT2D eigenvalue weighted by atomic mass is 35.5. The number of methoxy groups -OCH3 is 1. The molecule has 8 nitrogen and oxygen atoms in total. The lowest BCUT2D eigenvalue weighted by molar-refractivity contribution is 0.0595. The van der Waals surface area contributed by atoms with Gasteiger partial charge in [-0.15, -0.1) is 0 Å². The van der Waals surface area contributed by atoms with Gasteiger partial charge in [0.2, 0.25) is 10.0 Å². The van der Waals surface area contributed by atoms with E-state index < -0.39 is 16.0 Å². The molecule has 1 aliphatic carbocycles. The van der Waals surface area contributed by atoms with Crippen LogP contribution >= 0.6 is 11.6 Å². The molecule has 0 radical (unpaired) electrons. The van der Waals surface area contributed by atoms with Crippen LogP contribution in [0.4, 0.5) is 0 Å². The number of esters is 1. The van der Waals surface area contributed by atoms with Gasteiger partial charge >= 0.3 is 5.97 Å². The molecule has 1 aromatic heterocycles. The maximum absolute atomic E-state index is 13.3. The van der Waals surface area contributed by atoms with Gasteiger partial charge in [0.15, 0.2) is 5.78 Å². The van der Waals surface area contributed by atoms with Crippen molar-refractivity contribution >= 4 is 33.4 Å². The number of ether oxygens (including phenoxy) is 1. The van der Waals surface area contributed by atoms with Crippen LogP contribution in [0.25, 0.3) is 0 Å². The van der Waals surface area contributed by atoms with Crippen LogP contribution in [0.1, 0.15) is 51.0 Å². The second-order valence-electron chi connectivity index (χ2n) is 8.57. The summed E-state index contributed by atoms with van der Waals surface area (Å²) in [6.45, 7) is 5.26. The van der Waals surface area contributed by atoms with E-state index in [1.54, 1.807) is 12.1 Å². The predicted octanol–water partition coefficient (Wildman–Crippen LogP) is 3.07. The number of benzene rings is 1. The van der Waals surface area contributed by atoms with Gasteiger partial charge in [-0.3, -0.25) is 9.69 Å². The van der Waals surface area contributed by atoms with Crippen molar-refractivity contribution in [2.45, 2.75) is 37.6 Å². The second-order valence-corrected chi connectivity index (χ2v) is 10.9. The fraction of sp³-hybridized carbons (Fsp3) is 0.478. The first kappa shape index (κ1) is 23.9. The van der Waals surface area contributed by atoms with Gasteiger partial charge in [-0.05, 0) is 51.0 Å². The van der Waals surface area contributed by atoms with Crippen molar-refractivity contribution in [1.29, 1.82) is 0 Å². The Kier molecular flexibility index (Phi) is 6.68. The van der Waals surface area contributed by atoms with Gasteiger partial charge in [-0.1, -0.05) is 11.6 Å². The van der Waals surface area contributed by atoms with E-state index in [-0.39, 0.29) is 30.3 Å². The number of carbonyl (C=O) groups excluding carboxylic acids is 2. The fourth-order valence-corrected chi connectivity index (χ4v) is 6.14. The van der Waals surface area contributed by atoms with Crippen molar-refractivity contribution in [2.75, 3.05) is 39.8 Å². The second kappa shape index (κ2) is 9.21. The summed E-state index contributed by atoms with van der Waals surface area (Å²) in [6.07, 6.45) is 2.07. The zero-order valence-corrected chi connectivity index (χ0v) is 20.6. The summed E-state index contributed by atoms with van der Waals surface area (Å²) in [5.41, 5.74) is 2.33. The lowest BCUT2D eigenvalue weighted by atomic mass is 10.0. The molecule has 0 N–H and O–H groups in total. The number of aromatic nitrogens is 1.